The molecule has 0 unspecified atom stereocenters. The van der Waals surface area contributed by atoms with Gasteiger partial charge >= 0.3 is 0 Å². The predicted octanol–water partition coefficient (Wildman–Crippen LogP) is 5.50. The van der Waals surface area contributed by atoms with Crippen molar-refractivity contribution in [3.05, 3.63) is 95.6 Å². The summed E-state index contributed by atoms with van der Waals surface area (Å²) in [6.07, 6.45) is 0. The van der Waals surface area contributed by atoms with Gasteiger partial charge in [0.1, 0.15) is 23.8 Å². The van der Waals surface area contributed by atoms with Gasteiger partial charge in [0.2, 0.25) is 0 Å². The van der Waals surface area contributed by atoms with Crippen molar-refractivity contribution in [3.63, 3.8) is 0 Å². The molecule has 0 N–H and O–H groups in total. The molecule has 0 atom stereocenters. The summed E-state index contributed by atoms with van der Waals surface area (Å²) in [5.74, 6) is -0.917. The van der Waals surface area contributed by atoms with Gasteiger partial charge in [-0.15, -0.1) is 0 Å². The topological polar surface area (TPSA) is 73.4 Å². The second-order valence-corrected chi connectivity index (χ2v) is 6.44. The van der Waals surface area contributed by atoms with Crippen LogP contribution in [0.25, 0.3) is 33.9 Å². The number of hydrogen-bond donors (Lipinski definition) is 0. The van der Waals surface area contributed by atoms with Crippen molar-refractivity contribution in [3.8, 4) is 46.0 Å². The highest BCUT2D eigenvalue weighted by Gasteiger charge is 2.13. The zero-order chi connectivity index (χ0) is 21.1. The molecule has 0 bridgehead atoms. The fourth-order valence-corrected chi connectivity index (χ4v) is 2.99. The molecule has 6 heteroatoms. The first-order chi connectivity index (χ1) is 14.6. The molecule has 1 aromatic heterocycles. The van der Waals surface area contributed by atoms with E-state index >= 15 is 0 Å². The third-order valence-corrected chi connectivity index (χ3v) is 4.53. The van der Waals surface area contributed by atoms with Gasteiger partial charge in [0.15, 0.2) is 5.82 Å². The number of hydrogen-bond acceptors (Lipinski definition) is 4. The number of rotatable bonds is 3. The van der Waals surface area contributed by atoms with Crippen LogP contribution in [0.15, 0.2) is 72.8 Å². The van der Waals surface area contributed by atoms with E-state index in [0.717, 1.165) is 5.56 Å². The molecular formula is C24H12F2N4. The van der Waals surface area contributed by atoms with E-state index in [9.17, 15) is 8.78 Å². The number of halogens is 2. The average Bonchev–Trinajstić information content (AvgIpc) is 2.79. The van der Waals surface area contributed by atoms with Crippen LogP contribution in [0.1, 0.15) is 11.1 Å². The van der Waals surface area contributed by atoms with E-state index in [4.69, 9.17) is 10.5 Å². The molecule has 0 aliphatic carbocycles. The molecular weight excluding hydrogens is 382 g/mol. The maximum atomic E-state index is 14.2. The minimum absolute atomic E-state index is 0.0644. The van der Waals surface area contributed by atoms with Gasteiger partial charge in [0.25, 0.3) is 0 Å². The van der Waals surface area contributed by atoms with E-state index < -0.39 is 11.6 Å². The maximum Gasteiger partial charge on any atom is 0.160 e. The molecule has 30 heavy (non-hydrogen) atoms. The summed E-state index contributed by atoms with van der Waals surface area (Å²) < 4.78 is 28.3. The predicted molar refractivity (Wildman–Crippen MR) is 108 cm³/mol. The average molecular weight is 394 g/mol. The lowest BCUT2D eigenvalue weighted by Gasteiger charge is -2.10. The molecule has 0 aliphatic heterocycles. The van der Waals surface area contributed by atoms with Gasteiger partial charge in [-0.3, -0.25) is 0 Å². The normalized spacial score (nSPS) is 10.3. The summed E-state index contributed by atoms with van der Waals surface area (Å²) >= 11 is 0. The molecule has 3 aromatic carbocycles. The van der Waals surface area contributed by atoms with Crippen LogP contribution < -0.4 is 0 Å². The Morgan fingerprint density at radius 2 is 1.10 bits per heavy atom. The third kappa shape index (κ3) is 3.63. The summed E-state index contributed by atoms with van der Waals surface area (Å²) in [4.78, 5) is 9.09. The number of benzene rings is 3. The van der Waals surface area contributed by atoms with Gasteiger partial charge in [-0.1, -0.05) is 42.5 Å². The van der Waals surface area contributed by atoms with Crippen LogP contribution in [-0.4, -0.2) is 9.97 Å². The van der Waals surface area contributed by atoms with Crippen molar-refractivity contribution in [2.24, 2.45) is 0 Å². The summed E-state index contributed by atoms with van der Waals surface area (Å²) in [6.45, 7) is 0. The van der Waals surface area contributed by atoms with Gasteiger partial charge in [-0.2, -0.15) is 10.5 Å². The Bertz CT molecular complexity index is 1250. The van der Waals surface area contributed by atoms with E-state index in [0.29, 0.717) is 28.3 Å². The first-order valence-corrected chi connectivity index (χ1v) is 8.93. The van der Waals surface area contributed by atoms with Crippen LogP contribution in [0.3, 0.4) is 0 Å². The van der Waals surface area contributed by atoms with Crippen molar-refractivity contribution < 1.29 is 8.78 Å². The summed E-state index contributed by atoms with van der Waals surface area (Å²) in [6, 6.07) is 22.8. The van der Waals surface area contributed by atoms with E-state index in [2.05, 4.69) is 9.97 Å². The Balaban J connectivity index is 1.92. The molecule has 1 heterocycles. The van der Waals surface area contributed by atoms with E-state index in [-0.39, 0.29) is 11.1 Å². The summed E-state index contributed by atoms with van der Waals surface area (Å²) in [7, 11) is 0. The fraction of sp³-hybridized carbons (Fsp3) is 0. The van der Waals surface area contributed by atoms with Gasteiger partial charge in [-0.05, 0) is 30.3 Å². The van der Waals surface area contributed by atoms with Crippen LogP contribution in [-0.2, 0) is 0 Å². The van der Waals surface area contributed by atoms with Crippen molar-refractivity contribution in [1.29, 1.82) is 10.5 Å². The van der Waals surface area contributed by atoms with Crippen molar-refractivity contribution in [1.82, 2.24) is 9.97 Å². The highest BCUT2D eigenvalue weighted by atomic mass is 19.1. The van der Waals surface area contributed by atoms with Gasteiger partial charge in [0.05, 0.1) is 22.5 Å². The minimum Gasteiger partial charge on any atom is -0.228 e. The molecule has 4 nitrogen and oxygen atoms in total. The molecule has 0 aliphatic rings. The molecule has 142 valence electrons. The zero-order valence-corrected chi connectivity index (χ0v) is 15.5. The fourth-order valence-electron chi connectivity index (χ4n) is 2.99. The molecule has 0 saturated heterocycles. The third-order valence-electron chi connectivity index (χ3n) is 4.53. The van der Waals surface area contributed by atoms with Crippen LogP contribution in [0.2, 0.25) is 0 Å². The Kier molecular flexibility index (Phi) is 4.99. The Hall–Kier alpha value is -4.42. The minimum atomic E-state index is -0.652. The highest BCUT2D eigenvalue weighted by Crippen LogP contribution is 2.29. The van der Waals surface area contributed by atoms with Crippen LogP contribution in [0.4, 0.5) is 8.78 Å². The van der Waals surface area contributed by atoms with E-state index in [1.165, 1.54) is 24.3 Å². The van der Waals surface area contributed by atoms with Gasteiger partial charge in [-0.25, -0.2) is 18.7 Å². The standard InChI is InChI=1S/C24H12F2N4/c25-20-10-16(6-8-18(20)13-27)22-12-23(17-7-9-19(14-28)21(26)11-17)30-24(29-22)15-4-2-1-3-5-15/h1-12H. The van der Waals surface area contributed by atoms with E-state index in [1.54, 1.807) is 30.3 Å². The van der Waals surface area contributed by atoms with Crippen LogP contribution >= 0.6 is 0 Å². The van der Waals surface area contributed by atoms with Gasteiger partial charge in [0, 0.05) is 16.7 Å². The van der Waals surface area contributed by atoms with E-state index in [1.807, 2.05) is 30.3 Å². The Morgan fingerprint density at radius 3 is 1.53 bits per heavy atom. The molecule has 0 fully saturated rings. The van der Waals surface area contributed by atoms with Crippen LogP contribution in [0, 0.1) is 34.3 Å². The first-order valence-electron chi connectivity index (χ1n) is 8.93. The second kappa shape index (κ2) is 7.90. The second-order valence-electron chi connectivity index (χ2n) is 6.44. The Labute approximate surface area is 171 Å². The molecule has 0 amide bonds. The van der Waals surface area contributed by atoms with Crippen LogP contribution in [0.5, 0.6) is 0 Å². The lowest BCUT2D eigenvalue weighted by atomic mass is 10.0. The van der Waals surface area contributed by atoms with Gasteiger partial charge < -0.3 is 0 Å². The molecule has 0 radical (unpaired) electrons. The quantitative estimate of drug-likeness (QED) is 0.460. The van der Waals surface area contributed by atoms with Crippen molar-refractivity contribution in [2.75, 3.05) is 0 Å². The molecule has 4 rings (SSSR count). The molecule has 0 spiro atoms. The lowest BCUT2D eigenvalue weighted by molar-refractivity contribution is 0.624. The number of aromatic nitrogens is 2. The number of nitriles is 2. The largest absolute Gasteiger partial charge is 0.228 e. The zero-order valence-electron chi connectivity index (χ0n) is 15.5. The monoisotopic (exact) mass is 394 g/mol. The van der Waals surface area contributed by atoms with Crippen molar-refractivity contribution in [2.45, 2.75) is 0 Å². The summed E-state index contributed by atoms with van der Waals surface area (Å²) in [5.41, 5.74) is 2.38. The molecule has 4 aromatic rings. The smallest absolute Gasteiger partial charge is 0.160 e. The maximum absolute atomic E-state index is 14.2. The number of nitrogens with zero attached hydrogens (tertiary/aromatic N) is 4. The summed E-state index contributed by atoms with van der Waals surface area (Å²) in [5, 5.41) is 17.9. The molecule has 0 saturated carbocycles. The highest BCUT2D eigenvalue weighted by molar-refractivity contribution is 5.72. The first kappa shape index (κ1) is 18.9. The lowest BCUT2D eigenvalue weighted by Crippen LogP contribution is -1.97. The SMILES string of the molecule is N#Cc1ccc(-c2cc(-c3ccc(C#N)c(F)c3)nc(-c3ccccc3)n2)cc1F. The van der Waals surface area contributed by atoms with Crippen molar-refractivity contribution >= 4 is 0 Å². The Morgan fingerprint density at radius 1 is 0.600 bits per heavy atom.